The molecule has 0 aromatic rings. The summed E-state index contributed by atoms with van der Waals surface area (Å²) in [4.78, 5) is 10.4. The van der Waals surface area contributed by atoms with E-state index < -0.39 is 5.97 Å². The summed E-state index contributed by atoms with van der Waals surface area (Å²) in [5.74, 6) is -0.397. The molecule has 0 amide bonds. The summed E-state index contributed by atoms with van der Waals surface area (Å²) < 4.78 is 15.7. The van der Waals surface area contributed by atoms with Crippen molar-refractivity contribution in [2.75, 3.05) is 6.61 Å². The van der Waals surface area contributed by atoms with Gasteiger partial charge in [0.05, 0.1) is 19.4 Å². The summed E-state index contributed by atoms with van der Waals surface area (Å²) in [5.41, 5.74) is 0. The summed E-state index contributed by atoms with van der Waals surface area (Å²) >= 11 is 0. The number of carbonyl (C=O) groups is 1. The number of ether oxygens (including phenoxy) is 1. The van der Waals surface area contributed by atoms with E-state index in [2.05, 4.69) is 4.74 Å². The summed E-state index contributed by atoms with van der Waals surface area (Å²) in [5, 5.41) is 0. The molecule has 0 aliphatic rings. The molecule has 0 atom stereocenters. The van der Waals surface area contributed by atoms with Crippen LogP contribution < -0.4 is 0 Å². The van der Waals surface area contributed by atoms with Crippen LogP contribution in [0.25, 0.3) is 0 Å². The van der Waals surface area contributed by atoms with Crippen molar-refractivity contribution in [3.8, 4) is 0 Å². The summed E-state index contributed by atoms with van der Waals surface area (Å²) in [6.07, 6.45) is 1.46. The lowest BCUT2D eigenvalue weighted by molar-refractivity contribution is -0.142. The predicted molar refractivity (Wildman–Crippen MR) is 31.5 cm³/mol. The van der Waals surface area contributed by atoms with Gasteiger partial charge in [-0.15, -0.1) is 0 Å². The molecule has 0 aliphatic heterocycles. The van der Waals surface area contributed by atoms with E-state index in [1.54, 1.807) is 6.92 Å². The third-order valence-electron chi connectivity index (χ3n) is 0.679. The molecular weight excluding hydrogens is 123 g/mol. The minimum atomic E-state index is -0.397. The Morgan fingerprint density at radius 1 is 1.78 bits per heavy atom. The number of hydrogen-bond acceptors (Lipinski definition) is 2. The maximum absolute atomic E-state index is 11.2. The van der Waals surface area contributed by atoms with Gasteiger partial charge in [-0.2, -0.15) is 0 Å². The summed E-state index contributed by atoms with van der Waals surface area (Å²) in [7, 11) is 0. The smallest absolute Gasteiger partial charge is 0.309 e. The first kappa shape index (κ1) is 8.14. The summed E-state index contributed by atoms with van der Waals surface area (Å²) in [6, 6.07) is 0. The Balaban J connectivity index is 3.27. The van der Waals surface area contributed by atoms with Crippen molar-refractivity contribution in [1.29, 1.82) is 0 Å². The normalized spacial score (nSPS) is 10.0. The molecule has 0 saturated heterocycles. The molecule has 0 unspecified atom stereocenters. The van der Waals surface area contributed by atoms with Crippen LogP contribution in [0.3, 0.4) is 0 Å². The first-order valence-electron chi connectivity index (χ1n) is 2.72. The molecule has 0 aromatic carbocycles. The lowest BCUT2D eigenvalue weighted by atomic mass is 10.4. The molecule has 0 radical (unpaired) electrons. The van der Waals surface area contributed by atoms with Crippen LogP contribution in [0, 0.1) is 0 Å². The predicted octanol–water partition coefficient (Wildman–Crippen LogP) is 1.42. The highest BCUT2D eigenvalue weighted by Gasteiger charge is 1.94. The van der Waals surface area contributed by atoms with Gasteiger partial charge in [0.25, 0.3) is 0 Å². The third kappa shape index (κ3) is 5.00. The lowest BCUT2D eigenvalue weighted by Crippen LogP contribution is -2.01. The second kappa shape index (κ2) is 5.28. The van der Waals surface area contributed by atoms with Crippen LogP contribution in [0.4, 0.5) is 4.39 Å². The van der Waals surface area contributed by atoms with Crippen molar-refractivity contribution < 1.29 is 13.9 Å². The highest BCUT2D eigenvalue weighted by Crippen LogP contribution is 1.87. The number of esters is 1. The highest BCUT2D eigenvalue weighted by molar-refractivity contribution is 5.70. The number of rotatable bonds is 3. The number of carbonyl (C=O) groups excluding carboxylic acids is 1. The Kier molecular flexibility index (Phi) is 4.78. The van der Waals surface area contributed by atoms with Crippen LogP contribution in [0.5, 0.6) is 0 Å². The highest BCUT2D eigenvalue weighted by atomic mass is 19.1. The number of halogens is 1. The molecule has 0 saturated carbocycles. The fourth-order valence-corrected chi connectivity index (χ4v) is 0.361. The minimum Gasteiger partial charge on any atom is -0.466 e. The van der Waals surface area contributed by atoms with Gasteiger partial charge in [-0.3, -0.25) is 4.79 Å². The SMILES string of the molecule is CCOC(=O)C/C=C\F. The molecule has 0 fully saturated rings. The maximum Gasteiger partial charge on any atom is 0.309 e. The fourth-order valence-electron chi connectivity index (χ4n) is 0.361. The van der Waals surface area contributed by atoms with Crippen LogP contribution >= 0.6 is 0 Å². The molecule has 0 bridgehead atoms. The lowest BCUT2D eigenvalue weighted by Gasteiger charge is -1.94. The van der Waals surface area contributed by atoms with E-state index in [0.717, 1.165) is 6.08 Å². The monoisotopic (exact) mass is 132 g/mol. The average molecular weight is 132 g/mol. The topological polar surface area (TPSA) is 26.3 Å². The van der Waals surface area contributed by atoms with E-state index in [0.29, 0.717) is 12.9 Å². The van der Waals surface area contributed by atoms with E-state index in [1.165, 1.54) is 0 Å². The molecule has 2 nitrogen and oxygen atoms in total. The Labute approximate surface area is 53.3 Å². The van der Waals surface area contributed by atoms with Crippen LogP contribution in [-0.4, -0.2) is 12.6 Å². The van der Waals surface area contributed by atoms with Crippen LogP contribution in [0.1, 0.15) is 13.3 Å². The Hall–Kier alpha value is -0.860. The zero-order valence-corrected chi connectivity index (χ0v) is 5.26. The van der Waals surface area contributed by atoms with Crippen molar-refractivity contribution >= 4 is 5.97 Å². The van der Waals surface area contributed by atoms with Crippen molar-refractivity contribution in [3.05, 3.63) is 12.4 Å². The van der Waals surface area contributed by atoms with E-state index in [1.807, 2.05) is 0 Å². The van der Waals surface area contributed by atoms with Gasteiger partial charge in [0, 0.05) is 0 Å². The molecule has 0 aliphatic carbocycles. The first-order chi connectivity index (χ1) is 4.31. The third-order valence-corrected chi connectivity index (χ3v) is 0.679. The zero-order chi connectivity index (χ0) is 7.11. The largest absolute Gasteiger partial charge is 0.466 e. The van der Waals surface area contributed by atoms with Gasteiger partial charge < -0.3 is 4.74 Å². The van der Waals surface area contributed by atoms with Gasteiger partial charge in [-0.05, 0) is 13.0 Å². The van der Waals surface area contributed by atoms with Gasteiger partial charge in [0.15, 0.2) is 0 Å². The summed E-state index contributed by atoms with van der Waals surface area (Å²) in [6.45, 7) is 2.05. The van der Waals surface area contributed by atoms with Gasteiger partial charge in [-0.1, -0.05) is 0 Å². The quantitative estimate of drug-likeness (QED) is 0.543. The Bertz CT molecular complexity index is 110. The van der Waals surface area contributed by atoms with Crippen LogP contribution in [-0.2, 0) is 9.53 Å². The Morgan fingerprint density at radius 3 is 2.89 bits per heavy atom. The maximum atomic E-state index is 11.2. The van der Waals surface area contributed by atoms with Gasteiger partial charge in [0.2, 0.25) is 0 Å². The second-order valence-electron chi connectivity index (χ2n) is 1.37. The van der Waals surface area contributed by atoms with Crippen molar-refractivity contribution in [2.45, 2.75) is 13.3 Å². The molecule has 0 N–H and O–H groups in total. The first-order valence-corrected chi connectivity index (χ1v) is 2.72. The van der Waals surface area contributed by atoms with E-state index in [9.17, 15) is 9.18 Å². The van der Waals surface area contributed by atoms with Crippen LogP contribution in [0.15, 0.2) is 12.4 Å². The van der Waals surface area contributed by atoms with E-state index >= 15 is 0 Å². The molecule has 0 heterocycles. The number of hydrogen-bond donors (Lipinski definition) is 0. The molecule has 0 aromatic heterocycles. The zero-order valence-electron chi connectivity index (χ0n) is 5.26. The van der Waals surface area contributed by atoms with Crippen LogP contribution in [0.2, 0.25) is 0 Å². The van der Waals surface area contributed by atoms with E-state index in [4.69, 9.17) is 0 Å². The van der Waals surface area contributed by atoms with Gasteiger partial charge in [-0.25, -0.2) is 4.39 Å². The van der Waals surface area contributed by atoms with Gasteiger partial charge >= 0.3 is 5.97 Å². The molecule has 0 rings (SSSR count). The second-order valence-corrected chi connectivity index (χ2v) is 1.37. The molecule has 0 spiro atoms. The molecule has 9 heavy (non-hydrogen) atoms. The minimum absolute atomic E-state index is 0.0182. The van der Waals surface area contributed by atoms with Crippen molar-refractivity contribution in [2.24, 2.45) is 0 Å². The van der Waals surface area contributed by atoms with Crippen molar-refractivity contribution in [3.63, 3.8) is 0 Å². The molecular formula is C6H9FO2. The van der Waals surface area contributed by atoms with E-state index in [-0.39, 0.29) is 6.42 Å². The standard InChI is InChI=1S/C6H9FO2/c1-2-9-6(8)4-3-5-7/h3,5H,2,4H2,1H3/b5-3-. The van der Waals surface area contributed by atoms with Gasteiger partial charge in [0.1, 0.15) is 0 Å². The average Bonchev–Trinajstić information content (AvgIpc) is 1.85. The fraction of sp³-hybridized carbons (Fsp3) is 0.500. The molecule has 3 heteroatoms. The van der Waals surface area contributed by atoms with Crippen molar-refractivity contribution in [1.82, 2.24) is 0 Å². The Morgan fingerprint density at radius 2 is 2.44 bits per heavy atom. The molecule has 52 valence electrons.